The number of nitrogens with zero attached hydrogens (tertiary/aromatic N) is 3. The predicted octanol–water partition coefficient (Wildman–Crippen LogP) is 1.76. The first-order valence-corrected chi connectivity index (χ1v) is 10.9. The highest BCUT2D eigenvalue weighted by Gasteiger charge is 2.25. The first-order valence-electron chi connectivity index (χ1n) is 10.9. The second-order valence-electron chi connectivity index (χ2n) is 7.81. The van der Waals surface area contributed by atoms with Crippen LogP contribution >= 0.6 is 0 Å². The molecule has 1 heterocycles. The van der Waals surface area contributed by atoms with Crippen molar-refractivity contribution in [1.82, 2.24) is 20.4 Å². The molecule has 1 aliphatic carbocycles. The number of amides is 1. The lowest BCUT2D eigenvalue weighted by molar-refractivity contribution is -0.122. The van der Waals surface area contributed by atoms with E-state index in [-0.39, 0.29) is 5.91 Å². The monoisotopic (exact) mass is 401 g/mol. The molecule has 2 aliphatic rings. The van der Waals surface area contributed by atoms with Gasteiger partial charge < -0.3 is 20.3 Å². The molecule has 0 bridgehead atoms. The normalized spacial score (nSPS) is 17.9. The fourth-order valence-electron chi connectivity index (χ4n) is 3.54. The zero-order valence-electron chi connectivity index (χ0n) is 18.0. The van der Waals surface area contributed by atoms with Gasteiger partial charge in [-0.2, -0.15) is 0 Å². The number of aryl methyl sites for hydroxylation is 1. The van der Waals surface area contributed by atoms with Crippen molar-refractivity contribution in [3.05, 3.63) is 29.3 Å². The van der Waals surface area contributed by atoms with Crippen LogP contribution in [0, 0.1) is 6.92 Å². The van der Waals surface area contributed by atoms with E-state index in [1.165, 1.54) is 5.56 Å². The molecule has 0 spiro atoms. The molecule has 2 fully saturated rings. The standard InChI is InChI=1S/C22H35N5O2/c1-4-23-22(24-15-18-6-9-20(29-5-2)17(3)14-18)27-12-10-26(11-13-27)16-21(28)25-19-7-8-19/h6,9,14,19H,4-5,7-8,10-13,15-16H2,1-3H3,(H,23,24)(H,25,28). The molecule has 1 aromatic carbocycles. The quantitative estimate of drug-likeness (QED) is 0.513. The van der Waals surface area contributed by atoms with Gasteiger partial charge in [0.15, 0.2) is 5.96 Å². The van der Waals surface area contributed by atoms with Crippen molar-refractivity contribution in [1.29, 1.82) is 0 Å². The molecule has 0 aromatic heterocycles. The molecule has 0 atom stereocenters. The summed E-state index contributed by atoms with van der Waals surface area (Å²) in [6, 6.07) is 6.69. The van der Waals surface area contributed by atoms with Gasteiger partial charge in [0.1, 0.15) is 5.75 Å². The summed E-state index contributed by atoms with van der Waals surface area (Å²) in [5.41, 5.74) is 2.32. The zero-order valence-corrected chi connectivity index (χ0v) is 18.0. The SMILES string of the molecule is CCNC(=NCc1ccc(OCC)c(C)c1)N1CCN(CC(=O)NC2CC2)CC1. The second kappa shape index (κ2) is 10.5. The molecule has 1 aliphatic heterocycles. The lowest BCUT2D eigenvalue weighted by Crippen LogP contribution is -2.54. The van der Waals surface area contributed by atoms with Gasteiger partial charge in [-0.3, -0.25) is 9.69 Å². The summed E-state index contributed by atoms with van der Waals surface area (Å²) in [5, 5.41) is 6.48. The van der Waals surface area contributed by atoms with E-state index in [0.717, 1.165) is 62.8 Å². The van der Waals surface area contributed by atoms with Crippen molar-refractivity contribution in [2.45, 2.75) is 46.2 Å². The molecule has 160 valence electrons. The maximum absolute atomic E-state index is 12.0. The van der Waals surface area contributed by atoms with Gasteiger partial charge in [-0.1, -0.05) is 12.1 Å². The Morgan fingerprint density at radius 1 is 1.21 bits per heavy atom. The number of guanidine groups is 1. The largest absolute Gasteiger partial charge is 0.494 e. The fourth-order valence-corrected chi connectivity index (χ4v) is 3.54. The van der Waals surface area contributed by atoms with E-state index < -0.39 is 0 Å². The minimum atomic E-state index is 0.160. The van der Waals surface area contributed by atoms with E-state index in [2.05, 4.69) is 46.4 Å². The van der Waals surface area contributed by atoms with Gasteiger partial charge in [-0.05, 0) is 50.8 Å². The molecule has 3 rings (SSSR count). The van der Waals surface area contributed by atoms with Crippen LogP contribution in [0.1, 0.15) is 37.8 Å². The van der Waals surface area contributed by atoms with Gasteiger partial charge in [0, 0.05) is 38.8 Å². The Bertz CT molecular complexity index is 709. The van der Waals surface area contributed by atoms with E-state index >= 15 is 0 Å². The number of rotatable bonds is 8. The van der Waals surface area contributed by atoms with Crippen molar-refractivity contribution < 1.29 is 9.53 Å². The van der Waals surface area contributed by atoms with Crippen molar-refractivity contribution in [2.24, 2.45) is 4.99 Å². The van der Waals surface area contributed by atoms with Gasteiger partial charge in [-0.15, -0.1) is 0 Å². The van der Waals surface area contributed by atoms with E-state index in [4.69, 9.17) is 9.73 Å². The summed E-state index contributed by atoms with van der Waals surface area (Å²) in [7, 11) is 0. The van der Waals surface area contributed by atoms with Crippen LogP contribution in [0.25, 0.3) is 0 Å². The van der Waals surface area contributed by atoms with Crippen molar-refractivity contribution >= 4 is 11.9 Å². The molecule has 0 radical (unpaired) electrons. The number of aliphatic imine (C=N–C) groups is 1. The Labute approximate surface area is 174 Å². The Hall–Kier alpha value is -2.28. The number of carbonyl (C=O) groups excluding carboxylic acids is 1. The fraction of sp³-hybridized carbons (Fsp3) is 0.636. The average Bonchev–Trinajstić information content (AvgIpc) is 3.52. The highest BCUT2D eigenvalue weighted by Crippen LogP contribution is 2.20. The predicted molar refractivity (Wildman–Crippen MR) is 116 cm³/mol. The highest BCUT2D eigenvalue weighted by molar-refractivity contribution is 5.80. The highest BCUT2D eigenvalue weighted by atomic mass is 16.5. The molecule has 1 saturated carbocycles. The molecule has 1 amide bonds. The lowest BCUT2D eigenvalue weighted by atomic mass is 10.1. The average molecular weight is 402 g/mol. The smallest absolute Gasteiger partial charge is 0.234 e. The summed E-state index contributed by atoms with van der Waals surface area (Å²) in [5.74, 6) is 2.04. The third-order valence-electron chi connectivity index (χ3n) is 5.27. The van der Waals surface area contributed by atoms with E-state index in [1.807, 2.05) is 13.0 Å². The Balaban J connectivity index is 1.52. The molecule has 7 heteroatoms. The molecule has 7 nitrogen and oxygen atoms in total. The Kier molecular flexibility index (Phi) is 7.75. The summed E-state index contributed by atoms with van der Waals surface area (Å²) >= 11 is 0. The minimum absolute atomic E-state index is 0.160. The molecule has 29 heavy (non-hydrogen) atoms. The van der Waals surface area contributed by atoms with Crippen LogP contribution in [0.15, 0.2) is 23.2 Å². The van der Waals surface area contributed by atoms with Crippen LogP contribution in [-0.4, -0.2) is 73.6 Å². The second-order valence-corrected chi connectivity index (χ2v) is 7.81. The van der Waals surface area contributed by atoms with Crippen LogP contribution in [-0.2, 0) is 11.3 Å². The van der Waals surface area contributed by atoms with Crippen LogP contribution < -0.4 is 15.4 Å². The van der Waals surface area contributed by atoms with Crippen LogP contribution in [0.3, 0.4) is 0 Å². The number of ether oxygens (including phenoxy) is 1. The molecule has 2 N–H and O–H groups in total. The van der Waals surface area contributed by atoms with E-state index in [0.29, 0.717) is 25.7 Å². The van der Waals surface area contributed by atoms with Crippen molar-refractivity contribution in [3.8, 4) is 5.75 Å². The number of hydrogen-bond donors (Lipinski definition) is 2. The third kappa shape index (κ3) is 6.63. The van der Waals surface area contributed by atoms with Gasteiger partial charge in [0.25, 0.3) is 0 Å². The summed E-state index contributed by atoms with van der Waals surface area (Å²) in [6.07, 6.45) is 2.27. The summed E-state index contributed by atoms with van der Waals surface area (Å²) in [4.78, 5) is 21.4. The van der Waals surface area contributed by atoms with Gasteiger partial charge in [0.2, 0.25) is 5.91 Å². The van der Waals surface area contributed by atoms with Gasteiger partial charge in [0.05, 0.1) is 19.7 Å². The first kappa shape index (κ1) is 21.4. The molecular formula is C22H35N5O2. The molecule has 0 unspecified atom stereocenters. The van der Waals surface area contributed by atoms with Gasteiger partial charge in [-0.25, -0.2) is 4.99 Å². The van der Waals surface area contributed by atoms with Crippen molar-refractivity contribution in [2.75, 3.05) is 45.9 Å². The van der Waals surface area contributed by atoms with Crippen LogP contribution in [0.2, 0.25) is 0 Å². The van der Waals surface area contributed by atoms with E-state index in [1.54, 1.807) is 0 Å². The number of hydrogen-bond acceptors (Lipinski definition) is 4. The minimum Gasteiger partial charge on any atom is -0.494 e. The maximum atomic E-state index is 12.0. The molecule has 1 saturated heterocycles. The Morgan fingerprint density at radius 2 is 1.97 bits per heavy atom. The Morgan fingerprint density at radius 3 is 2.59 bits per heavy atom. The topological polar surface area (TPSA) is 69.2 Å². The van der Waals surface area contributed by atoms with Crippen LogP contribution in [0.4, 0.5) is 0 Å². The zero-order chi connectivity index (χ0) is 20.6. The van der Waals surface area contributed by atoms with E-state index in [9.17, 15) is 4.79 Å². The van der Waals surface area contributed by atoms with Crippen LogP contribution in [0.5, 0.6) is 5.75 Å². The number of piperazine rings is 1. The maximum Gasteiger partial charge on any atom is 0.234 e. The molecule has 1 aromatic rings. The third-order valence-corrected chi connectivity index (χ3v) is 5.27. The molecular weight excluding hydrogens is 366 g/mol. The first-order chi connectivity index (χ1) is 14.1. The lowest BCUT2D eigenvalue weighted by Gasteiger charge is -2.36. The summed E-state index contributed by atoms with van der Waals surface area (Å²) in [6.45, 7) is 12.3. The number of benzene rings is 1. The summed E-state index contributed by atoms with van der Waals surface area (Å²) < 4.78 is 5.62. The number of carbonyl (C=O) groups is 1. The number of nitrogens with one attached hydrogen (secondary N) is 2. The van der Waals surface area contributed by atoms with Gasteiger partial charge >= 0.3 is 0 Å². The van der Waals surface area contributed by atoms with Crippen molar-refractivity contribution in [3.63, 3.8) is 0 Å².